The number of carbonyl (C=O) groups excluding carboxylic acids is 1. The molecule has 0 bridgehead atoms. The summed E-state index contributed by atoms with van der Waals surface area (Å²) in [6.45, 7) is 10.3. The van der Waals surface area contributed by atoms with E-state index in [1.807, 2.05) is 52.0 Å². The van der Waals surface area contributed by atoms with E-state index in [2.05, 4.69) is 12.2 Å². The average molecular weight is 329 g/mol. The topological polar surface area (TPSA) is 47.6 Å². The summed E-state index contributed by atoms with van der Waals surface area (Å²) in [5.74, 6) is 0.675. The molecule has 2 fully saturated rings. The number of hydrogen-bond acceptors (Lipinski definition) is 3. The van der Waals surface area contributed by atoms with Crippen LogP contribution in [0.15, 0.2) is 24.3 Å². The molecule has 1 aliphatic heterocycles. The van der Waals surface area contributed by atoms with Crippen molar-refractivity contribution < 1.29 is 14.1 Å². The quantitative estimate of drug-likeness (QED) is 0.865. The van der Waals surface area contributed by atoms with Crippen LogP contribution >= 0.6 is 0 Å². The number of benzene rings is 1. The molecular weight excluding hydrogens is 301 g/mol. The van der Waals surface area contributed by atoms with E-state index in [1.165, 1.54) is 0 Å². The van der Waals surface area contributed by atoms with Gasteiger partial charge in [0.15, 0.2) is 0 Å². The summed E-state index contributed by atoms with van der Waals surface area (Å²) in [6, 6.07) is 7.78. The van der Waals surface area contributed by atoms with Crippen molar-refractivity contribution in [3.8, 4) is 0 Å². The maximum Gasteiger partial charge on any atom is 0.496 e. The highest BCUT2D eigenvalue weighted by Gasteiger charge is 2.52. The first-order chi connectivity index (χ1) is 11.2. The zero-order valence-electron chi connectivity index (χ0n) is 15.4. The second kappa shape index (κ2) is 6.19. The minimum Gasteiger partial charge on any atom is -0.399 e. The van der Waals surface area contributed by atoms with E-state index in [1.54, 1.807) is 0 Å². The minimum absolute atomic E-state index is 0.108. The van der Waals surface area contributed by atoms with Crippen LogP contribution in [0.2, 0.25) is 0 Å². The van der Waals surface area contributed by atoms with Gasteiger partial charge in [-0.1, -0.05) is 31.5 Å². The molecule has 24 heavy (non-hydrogen) atoms. The van der Waals surface area contributed by atoms with Gasteiger partial charge in [0.1, 0.15) is 0 Å². The van der Waals surface area contributed by atoms with Gasteiger partial charge in [-0.25, -0.2) is 0 Å². The van der Waals surface area contributed by atoms with Crippen molar-refractivity contribution in [1.29, 1.82) is 0 Å². The lowest BCUT2D eigenvalue weighted by Gasteiger charge is -2.32. The van der Waals surface area contributed by atoms with Gasteiger partial charge in [-0.2, -0.15) is 0 Å². The van der Waals surface area contributed by atoms with Crippen molar-refractivity contribution >= 4 is 24.2 Å². The van der Waals surface area contributed by atoms with Crippen LogP contribution in [0.5, 0.6) is 0 Å². The molecule has 0 spiro atoms. The van der Waals surface area contributed by atoms with Crippen LogP contribution in [0.1, 0.15) is 53.9 Å². The van der Waals surface area contributed by atoms with Gasteiger partial charge >= 0.3 is 7.12 Å². The molecular formula is C19H28BNO3. The Morgan fingerprint density at radius 1 is 1.12 bits per heavy atom. The molecule has 4 nitrogen and oxygen atoms in total. The third-order valence-corrected chi connectivity index (χ3v) is 5.92. The summed E-state index contributed by atoms with van der Waals surface area (Å²) in [4.78, 5) is 12.7. The fourth-order valence-corrected chi connectivity index (χ4v) is 3.55. The van der Waals surface area contributed by atoms with Gasteiger partial charge in [0.25, 0.3) is 0 Å². The van der Waals surface area contributed by atoms with Gasteiger partial charge < -0.3 is 14.6 Å². The zero-order valence-corrected chi connectivity index (χ0v) is 15.4. The first kappa shape index (κ1) is 17.5. The third-order valence-electron chi connectivity index (χ3n) is 5.92. The number of nitrogens with one attached hydrogen (secondary N) is 1. The monoisotopic (exact) mass is 329 g/mol. The summed E-state index contributed by atoms with van der Waals surface area (Å²) in [5, 5.41) is 3.12. The summed E-state index contributed by atoms with van der Waals surface area (Å²) in [6.07, 6.45) is 3.25. The lowest BCUT2D eigenvalue weighted by atomic mass is 9.77. The number of hydrogen-bond donors (Lipinski definition) is 1. The maximum atomic E-state index is 12.7. The second-order valence-corrected chi connectivity index (χ2v) is 8.18. The first-order valence-electron chi connectivity index (χ1n) is 8.97. The van der Waals surface area contributed by atoms with Crippen molar-refractivity contribution in [3.63, 3.8) is 0 Å². The van der Waals surface area contributed by atoms with E-state index in [4.69, 9.17) is 9.31 Å². The molecule has 1 aliphatic carbocycles. The Bertz CT molecular complexity index is 613. The largest absolute Gasteiger partial charge is 0.496 e. The summed E-state index contributed by atoms with van der Waals surface area (Å²) >= 11 is 0. The maximum absolute atomic E-state index is 12.7. The number of carbonyl (C=O) groups is 1. The highest BCUT2D eigenvalue weighted by molar-refractivity contribution is 6.64. The van der Waals surface area contributed by atoms with Crippen molar-refractivity contribution in [2.24, 2.45) is 11.8 Å². The molecule has 2 unspecified atom stereocenters. The van der Waals surface area contributed by atoms with Gasteiger partial charge in [0.2, 0.25) is 5.91 Å². The van der Waals surface area contributed by atoms with Crippen LogP contribution in [-0.4, -0.2) is 24.2 Å². The fourth-order valence-electron chi connectivity index (χ4n) is 3.55. The second-order valence-electron chi connectivity index (χ2n) is 8.18. The Labute approximate surface area is 145 Å². The normalized spacial score (nSPS) is 28.1. The first-order valence-corrected chi connectivity index (χ1v) is 8.97. The minimum atomic E-state index is -0.465. The van der Waals surface area contributed by atoms with Crippen LogP contribution in [-0.2, 0) is 14.1 Å². The third kappa shape index (κ3) is 3.12. The Morgan fingerprint density at radius 3 is 2.33 bits per heavy atom. The van der Waals surface area contributed by atoms with Crippen LogP contribution in [0, 0.1) is 11.8 Å². The van der Waals surface area contributed by atoms with Crippen molar-refractivity contribution in [2.75, 3.05) is 5.32 Å². The predicted octanol–water partition coefficient (Wildman–Crippen LogP) is 3.36. The summed E-state index contributed by atoms with van der Waals surface area (Å²) in [7, 11) is -0.465. The Kier molecular flexibility index (Phi) is 4.52. The molecule has 2 aliphatic rings. The Morgan fingerprint density at radius 2 is 1.75 bits per heavy atom. The van der Waals surface area contributed by atoms with Gasteiger partial charge in [0.05, 0.1) is 11.2 Å². The highest BCUT2D eigenvalue weighted by atomic mass is 16.7. The molecule has 1 aromatic rings. The van der Waals surface area contributed by atoms with Crippen LogP contribution in [0.25, 0.3) is 0 Å². The van der Waals surface area contributed by atoms with Gasteiger partial charge in [-0.05, 0) is 52.5 Å². The molecule has 5 heteroatoms. The number of anilines is 1. The fraction of sp³-hybridized carbons (Fsp3) is 0.632. The molecule has 3 rings (SSSR count). The van der Waals surface area contributed by atoms with Crippen molar-refractivity contribution in [1.82, 2.24) is 0 Å². The van der Waals surface area contributed by atoms with Crippen LogP contribution in [0.4, 0.5) is 5.69 Å². The zero-order chi connectivity index (χ0) is 17.5. The SMILES string of the molecule is CC1CCCC1C(=O)Nc1ccccc1B1OC(C)(C)C(C)(C)O1. The molecule has 1 amide bonds. The Hall–Kier alpha value is -1.33. The molecule has 1 aromatic carbocycles. The molecule has 130 valence electrons. The lowest BCUT2D eigenvalue weighted by Crippen LogP contribution is -2.41. The molecule has 0 radical (unpaired) electrons. The van der Waals surface area contributed by atoms with E-state index >= 15 is 0 Å². The van der Waals surface area contributed by atoms with Gasteiger partial charge in [-0.15, -0.1) is 0 Å². The molecule has 2 atom stereocenters. The van der Waals surface area contributed by atoms with Gasteiger partial charge in [0, 0.05) is 17.1 Å². The van der Waals surface area contributed by atoms with E-state index in [0.29, 0.717) is 5.92 Å². The van der Waals surface area contributed by atoms with E-state index in [-0.39, 0.29) is 11.8 Å². The summed E-state index contributed by atoms with van der Waals surface area (Å²) < 4.78 is 12.3. The van der Waals surface area contributed by atoms with E-state index in [0.717, 1.165) is 30.4 Å². The number of rotatable bonds is 3. The standard InChI is InChI=1S/C19H28BNO3/c1-13-9-8-10-14(13)17(22)21-16-12-7-6-11-15(16)20-23-18(2,3)19(4,5)24-20/h6-7,11-14H,8-10H2,1-5H3,(H,21,22). The molecule has 1 saturated carbocycles. The van der Waals surface area contributed by atoms with E-state index < -0.39 is 18.3 Å². The number of para-hydroxylation sites is 1. The van der Waals surface area contributed by atoms with Crippen LogP contribution in [0.3, 0.4) is 0 Å². The van der Waals surface area contributed by atoms with Crippen molar-refractivity contribution in [3.05, 3.63) is 24.3 Å². The molecule has 0 aromatic heterocycles. The molecule has 1 saturated heterocycles. The van der Waals surface area contributed by atoms with Gasteiger partial charge in [-0.3, -0.25) is 4.79 Å². The van der Waals surface area contributed by atoms with E-state index in [9.17, 15) is 4.79 Å². The number of amides is 1. The van der Waals surface area contributed by atoms with Crippen LogP contribution < -0.4 is 10.8 Å². The average Bonchev–Trinajstić information content (AvgIpc) is 3.00. The Balaban J connectivity index is 1.80. The molecule has 1 N–H and O–H groups in total. The van der Waals surface area contributed by atoms with Crippen molar-refractivity contribution in [2.45, 2.75) is 65.1 Å². The lowest BCUT2D eigenvalue weighted by molar-refractivity contribution is -0.120. The summed E-state index contributed by atoms with van der Waals surface area (Å²) in [5.41, 5.74) is 0.888. The predicted molar refractivity (Wildman–Crippen MR) is 97.3 cm³/mol. The highest BCUT2D eigenvalue weighted by Crippen LogP contribution is 2.37. The smallest absolute Gasteiger partial charge is 0.399 e. The molecule has 1 heterocycles.